The SMILES string of the molecule is COc1cc(NC(=O)[C@H](CCCCN)NC(=O)[C@H](CC(C)C)NC(=O)[C@H](N)C(C)C)cc2ccccc12. The first-order valence-corrected chi connectivity index (χ1v) is 13.0. The molecule has 0 radical (unpaired) electrons. The van der Waals surface area contributed by atoms with Crippen LogP contribution in [0.5, 0.6) is 5.75 Å². The second-order valence-electron chi connectivity index (χ2n) is 10.2. The molecule has 0 spiro atoms. The number of carbonyl (C=O) groups is 3. The second-order valence-corrected chi connectivity index (χ2v) is 10.2. The highest BCUT2D eigenvalue weighted by Gasteiger charge is 2.29. The van der Waals surface area contributed by atoms with Crippen molar-refractivity contribution in [2.45, 2.75) is 71.5 Å². The maximum atomic E-state index is 13.3. The van der Waals surface area contributed by atoms with Crippen molar-refractivity contribution in [2.75, 3.05) is 19.0 Å². The summed E-state index contributed by atoms with van der Waals surface area (Å²) in [5.41, 5.74) is 12.2. The van der Waals surface area contributed by atoms with Crippen LogP contribution in [0.2, 0.25) is 0 Å². The largest absolute Gasteiger partial charge is 0.496 e. The van der Waals surface area contributed by atoms with E-state index in [9.17, 15) is 14.4 Å². The van der Waals surface area contributed by atoms with Gasteiger partial charge >= 0.3 is 0 Å². The standard InChI is InChI=1S/C28H43N5O4/c1-17(2)14-23(33-28(36)25(30)18(3)4)27(35)32-22(12-8-9-13-29)26(34)31-20-15-19-10-6-7-11-21(19)24(16-20)37-5/h6-7,10-11,15-18,22-23,25H,8-9,12-14,29-30H2,1-5H3,(H,31,34)(H,32,35)(H,33,36)/t22-,23-,25+/m0/s1. The fourth-order valence-corrected chi connectivity index (χ4v) is 4.05. The Labute approximate surface area is 220 Å². The number of ether oxygens (including phenoxy) is 1. The van der Waals surface area contributed by atoms with E-state index in [0.717, 1.165) is 17.2 Å². The molecule has 0 heterocycles. The smallest absolute Gasteiger partial charge is 0.246 e. The van der Waals surface area contributed by atoms with Gasteiger partial charge in [0.2, 0.25) is 17.7 Å². The third-order valence-corrected chi connectivity index (χ3v) is 6.25. The summed E-state index contributed by atoms with van der Waals surface area (Å²) in [6, 6.07) is 9.01. The van der Waals surface area contributed by atoms with Crippen molar-refractivity contribution in [2.24, 2.45) is 23.3 Å². The van der Waals surface area contributed by atoms with Gasteiger partial charge in [0.05, 0.1) is 13.2 Å². The lowest BCUT2D eigenvalue weighted by Gasteiger charge is -2.26. The van der Waals surface area contributed by atoms with E-state index in [4.69, 9.17) is 16.2 Å². The Kier molecular flexibility index (Phi) is 11.8. The van der Waals surface area contributed by atoms with Crippen molar-refractivity contribution < 1.29 is 19.1 Å². The van der Waals surface area contributed by atoms with Crippen LogP contribution in [0.1, 0.15) is 53.4 Å². The van der Waals surface area contributed by atoms with E-state index >= 15 is 0 Å². The Balaban J connectivity index is 2.23. The maximum absolute atomic E-state index is 13.3. The zero-order valence-electron chi connectivity index (χ0n) is 22.7. The minimum Gasteiger partial charge on any atom is -0.496 e. The number of methoxy groups -OCH3 is 1. The van der Waals surface area contributed by atoms with Crippen LogP contribution in [0.3, 0.4) is 0 Å². The average Bonchev–Trinajstić information content (AvgIpc) is 2.86. The van der Waals surface area contributed by atoms with Crippen LogP contribution >= 0.6 is 0 Å². The van der Waals surface area contributed by atoms with Gasteiger partial charge in [0.15, 0.2) is 0 Å². The number of benzene rings is 2. The molecule has 2 rings (SSSR count). The molecule has 9 nitrogen and oxygen atoms in total. The molecule has 2 aromatic rings. The molecule has 9 heteroatoms. The number of hydrogen-bond donors (Lipinski definition) is 5. The van der Waals surface area contributed by atoms with Gasteiger partial charge in [-0.1, -0.05) is 52.0 Å². The van der Waals surface area contributed by atoms with Gasteiger partial charge in [0.1, 0.15) is 17.8 Å². The highest BCUT2D eigenvalue weighted by molar-refractivity contribution is 6.01. The van der Waals surface area contributed by atoms with Gasteiger partial charge in [0.25, 0.3) is 0 Å². The van der Waals surface area contributed by atoms with Crippen LogP contribution in [-0.2, 0) is 14.4 Å². The number of nitrogens with one attached hydrogen (secondary N) is 3. The summed E-state index contributed by atoms with van der Waals surface area (Å²) in [6.45, 7) is 8.12. The Hall–Kier alpha value is -3.17. The molecule has 0 saturated heterocycles. The summed E-state index contributed by atoms with van der Waals surface area (Å²) in [4.78, 5) is 39.2. The molecule has 3 atom stereocenters. The summed E-state index contributed by atoms with van der Waals surface area (Å²) < 4.78 is 5.51. The molecule has 37 heavy (non-hydrogen) atoms. The number of nitrogens with two attached hydrogens (primary N) is 2. The molecule has 0 aliphatic rings. The molecular formula is C28H43N5O4. The molecule has 0 bridgehead atoms. The first kappa shape index (κ1) is 30.1. The van der Waals surface area contributed by atoms with Crippen molar-refractivity contribution >= 4 is 34.2 Å². The lowest BCUT2D eigenvalue weighted by atomic mass is 9.99. The van der Waals surface area contributed by atoms with Gasteiger partial charge < -0.3 is 32.2 Å². The summed E-state index contributed by atoms with van der Waals surface area (Å²) in [6.07, 6.45) is 2.21. The molecule has 0 saturated carbocycles. The first-order chi connectivity index (χ1) is 17.6. The monoisotopic (exact) mass is 513 g/mol. The number of anilines is 1. The Morgan fingerprint density at radius 3 is 2.22 bits per heavy atom. The quantitative estimate of drug-likeness (QED) is 0.245. The molecule has 3 amide bonds. The van der Waals surface area contributed by atoms with Gasteiger partial charge in [-0.15, -0.1) is 0 Å². The maximum Gasteiger partial charge on any atom is 0.246 e. The number of fused-ring (bicyclic) bond motifs is 1. The lowest BCUT2D eigenvalue weighted by molar-refractivity contribution is -0.132. The average molecular weight is 514 g/mol. The number of rotatable bonds is 14. The van der Waals surface area contributed by atoms with Crippen LogP contribution < -0.4 is 32.2 Å². The molecule has 0 aliphatic heterocycles. The van der Waals surface area contributed by atoms with E-state index in [-0.39, 0.29) is 23.7 Å². The van der Waals surface area contributed by atoms with Crippen LogP contribution in [0.25, 0.3) is 10.8 Å². The minimum atomic E-state index is -0.804. The molecule has 0 aliphatic carbocycles. The fourth-order valence-electron chi connectivity index (χ4n) is 4.05. The Morgan fingerprint density at radius 2 is 1.59 bits per heavy atom. The summed E-state index contributed by atoms with van der Waals surface area (Å²) >= 11 is 0. The zero-order valence-corrected chi connectivity index (χ0v) is 22.7. The molecule has 0 fully saturated rings. The van der Waals surface area contributed by atoms with Gasteiger partial charge in [-0.05, 0) is 55.5 Å². The molecule has 0 unspecified atom stereocenters. The van der Waals surface area contributed by atoms with Crippen molar-refractivity contribution in [1.82, 2.24) is 10.6 Å². The van der Waals surface area contributed by atoms with Crippen LogP contribution in [0, 0.1) is 11.8 Å². The summed E-state index contributed by atoms with van der Waals surface area (Å²) in [5, 5.41) is 10.4. The van der Waals surface area contributed by atoms with E-state index in [1.807, 2.05) is 58.0 Å². The van der Waals surface area contributed by atoms with Crippen molar-refractivity contribution in [1.29, 1.82) is 0 Å². The number of hydrogen-bond acceptors (Lipinski definition) is 6. The predicted octanol–water partition coefficient (Wildman–Crippen LogP) is 2.91. The van der Waals surface area contributed by atoms with Crippen molar-refractivity contribution in [3.05, 3.63) is 36.4 Å². The van der Waals surface area contributed by atoms with Crippen LogP contribution in [0.15, 0.2) is 36.4 Å². The van der Waals surface area contributed by atoms with Crippen LogP contribution in [-0.4, -0.2) is 49.5 Å². The number of carbonyl (C=O) groups excluding carboxylic acids is 3. The summed E-state index contributed by atoms with van der Waals surface area (Å²) in [7, 11) is 1.58. The predicted molar refractivity (Wildman–Crippen MR) is 148 cm³/mol. The molecular weight excluding hydrogens is 470 g/mol. The lowest BCUT2D eigenvalue weighted by Crippen LogP contribution is -2.56. The van der Waals surface area contributed by atoms with E-state index < -0.39 is 24.0 Å². The topological polar surface area (TPSA) is 149 Å². The van der Waals surface area contributed by atoms with Gasteiger partial charge in [0, 0.05) is 17.1 Å². The first-order valence-electron chi connectivity index (χ1n) is 13.0. The van der Waals surface area contributed by atoms with E-state index in [0.29, 0.717) is 37.2 Å². The number of unbranched alkanes of at least 4 members (excludes halogenated alkanes) is 1. The molecule has 7 N–H and O–H groups in total. The van der Waals surface area contributed by atoms with E-state index in [1.54, 1.807) is 13.2 Å². The molecule has 2 aromatic carbocycles. The Morgan fingerprint density at radius 1 is 0.919 bits per heavy atom. The van der Waals surface area contributed by atoms with Gasteiger partial charge in [-0.3, -0.25) is 14.4 Å². The normalized spacial score (nSPS) is 13.8. The van der Waals surface area contributed by atoms with Gasteiger partial charge in [-0.25, -0.2) is 0 Å². The van der Waals surface area contributed by atoms with Crippen LogP contribution in [0.4, 0.5) is 5.69 Å². The third kappa shape index (κ3) is 9.02. The fraction of sp³-hybridized carbons (Fsp3) is 0.536. The molecule has 204 valence electrons. The highest BCUT2D eigenvalue weighted by Crippen LogP contribution is 2.30. The minimum absolute atomic E-state index is 0.0727. The zero-order chi connectivity index (χ0) is 27.5. The summed E-state index contributed by atoms with van der Waals surface area (Å²) in [5.74, 6) is -0.447. The van der Waals surface area contributed by atoms with Gasteiger partial charge in [-0.2, -0.15) is 0 Å². The third-order valence-electron chi connectivity index (χ3n) is 6.25. The Bertz CT molecular complexity index is 1060. The van der Waals surface area contributed by atoms with Crippen molar-refractivity contribution in [3.63, 3.8) is 0 Å². The van der Waals surface area contributed by atoms with E-state index in [1.165, 1.54) is 0 Å². The number of amides is 3. The van der Waals surface area contributed by atoms with E-state index in [2.05, 4.69) is 16.0 Å². The highest BCUT2D eigenvalue weighted by atomic mass is 16.5. The second kappa shape index (κ2) is 14.5. The van der Waals surface area contributed by atoms with Crippen molar-refractivity contribution in [3.8, 4) is 5.75 Å². The molecule has 0 aromatic heterocycles.